The van der Waals surface area contributed by atoms with Crippen molar-refractivity contribution in [1.29, 1.82) is 0 Å². The van der Waals surface area contributed by atoms with E-state index in [9.17, 15) is 4.79 Å². The van der Waals surface area contributed by atoms with Crippen LogP contribution in [0.4, 0.5) is 0 Å². The number of para-hydroxylation sites is 3. The van der Waals surface area contributed by atoms with Gasteiger partial charge < -0.3 is 14.6 Å². The molecule has 2 aromatic carbocycles. The highest BCUT2D eigenvalue weighted by Gasteiger charge is 2.11. The van der Waals surface area contributed by atoms with E-state index in [4.69, 9.17) is 9.72 Å². The van der Waals surface area contributed by atoms with Gasteiger partial charge in [-0.1, -0.05) is 30.3 Å². The number of fused-ring (bicyclic) bond motifs is 1. The molecule has 6 nitrogen and oxygen atoms in total. The molecule has 176 valence electrons. The molecule has 0 bridgehead atoms. The summed E-state index contributed by atoms with van der Waals surface area (Å²) in [5, 5.41) is 2.97. The molecule has 0 aliphatic carbocycles. The number of aryl methyl sites for hydroxylation is 4. The topological polar surface area (TPSA) is 69.0 Å². The highest BCUT2D eigenvalue weighted by molar-refractivity contribution is 5.93. The minimum atomic E-state index is -0.0921. The Kier molecular flexibility index (Phi) is 7.91. The molecule has 0 atom stereocenters. The van der Waals surface area contributed by atoms with Crippen molar-refractivity contribution in [2.45, 2.75) is 46.1 Å². The van der Waals surface area contributed by atoms with Crippen LogP contribution in [0.15, 0.2) is 67.0 Å². The number of nitrogens with one attached hydrogen (secondary N) is 1. The Bertz CT molecular complexity index is 1210. The van der Waals surface area contributed by atoms with Crippen LogP contribution in [-0.2, 0) is 13.0 Å². The summed E-state index contributed by atoms with van der Waals surface area (Å²) in [6.45, 7) is 6.37. The average molecular weight is 457 g/mol. The zero-order chi connectivity index (χ0) is 23.8. The van der Waals surface area contributed by atoms with Crippen LogP contribution >= 0.6 is 0 Å². The number of benzene rings is 2. The van der Waals surface area contributed by atoms with Gasteiger partial charge in [-0.05, 0) is 68.5 Å². The van der Waals surface area contributed by atoms with Gasteiger partial charge in [-0.3, -0.25) is 9.78 Å². The monoisotopic (exact) mass is 456 g/mol. The fourth-order valence-corrected chi connectivity index (χ4v) is 4.19. The summed E-state index contributed by atoms with van der Waals surface area (Å²) in [5.74, 6) is 1.97. The van der Waals surface area contributed by atoms with Crippen molar-refractivity contribution in [2.75, 3.05) is 13.2 Å². The quantitative estimate of drug-likeness (QED) is 0.312. The molecule has 0 saturated heterocycles. The van der Waals surface area contributed by atoms with Crippen molar-refractivity contribution in [1.82, 2.24) is 19.9 Å². The van der Waals surface area contributed by atoms with Crippen LogP contribution in [-0.4, -0.2) is 33.6 Å². The van der Waals surface area contributed by atoms with Gasteiger partial charge in [-0.2, -0.15) is 0 Å². The molecular weight excluding hydrogens is 424 g/mol. The number of rotatable bonds is 11. The van der Waals surface area contributed by atoms with Crippen molar-refractivity contribution in [2.24, 2.45) is 0 Å². The van der Waals surface area contributed by atoms with Gasteiger partial charge in [0.1, 0.15) is 11.6 Å². The molecule has 1 N–H and O–H groups in total. The van der Waals surface area contributed by atoms with E-state index in [0.717, 1.165) is 54.8 Å². The Morgan fingerprint density at radius 2 is 1.79 bits per heavy atom. The molecule has 34 heavy (non-hydrogen) atoms. The highest BCUT2D eigenvalue weighted by atomic mass is 16.5. The van der Waals surface area contributed by atoms with Gasteiger partial charge in [0.05, 0.1) is 23.2 Å². The van der Waals surface area contributed by atoms with E-state index in [1.165, 1.54) is 11.1 Å². The van der Waals surface area contributed by atoms with Crippen molar-refractivity contribution in [3.8, 4) is 5.75 Å². The molecular formula is C28H32N4O2. The number of amides is 1. The lowest BCUT2D eigenvalue weighted by Gasteiger charge is -2.13. The normalized spacial score (nSPS) is 11.0. The minimum Gasteiger partial charge on any atom is -0.493 e. The fourth-order valence-electron chi connectivity index (χ4n) is 4.19. The lowest BCUT2D eigenvalue weighted by molar-refractivity contribution is 0.0952. The molecule has 6 heteroatoms. The van der Waals surface area contributed by atoms with E-state index in [1.54, 1.807) is 24.5 Å². The van der Waals surface area contributed by atoms with Gasteiger partial charge in [0.15, 0.2) is 0 Å². The second kappa shape index (κ2) is 11.5. The summed E-state index contributed by atoms with van der Waals surface area (Å²) in [4.78, 5) is 21.1. The standard InChI is InChI=1S/C28H32N4O2/c1-21-10-7-11-22(2)27(21)34-19-6-5-18-32-25-14-4-3-13-24(25)31-26(32)15-9-17-30-28(33)23-12-8-16-29-20-23/h3-4,7-8,10-14,16,20H,5-6,9,15,17-19H2,1-2H3,(H,30,33). The van der Waals surface area contributed by atoms with Gasteiger partial charge in [-0.15, -0.1) is 0 Å². The summed E-state index contributed by atoms with van der Waals surface area (Å²) >= 11 is 0. The number of aromatic nitrogens is 3. The minimum absolute atomic E-state index is 0.0921. The van der Waals surface area contributed by atoms with Crippen molar-refractivity contribution in [3.63, 3.8) is 0 Å². The molecule has 4 aromatic rings. The SMILES string of the molecule is Cc1cccc(C)c1OCCCCn1c(CCCNC(=O)c2cccnc2)nc2ccccc21. The predicted molar refractivity (Wildman–Crippen MR) is 135 cm³/mol. The van der Waals surface area contributed by atoms with Crippen LogP contribution in [0, 0.1) is 13.8 Å². The summed E-state index contributed by atoms with van der Waals surface area (Å²) in [6.07, 6.45) is 6.86. The number of imidazole rings is 1. The number of hydrogen-bond acceptors (Lipinski definition) is 4. The first-order chi connectivity index (χ1) is 16.6. The third kappa shape index (κ3) is 5.81. The predicted octanol–water partition coefficient (Wildman–Crippen LogP) is 5.27. The lowest BCUT2D eigenvalue weighted by atomic mass is 10.1. The van der Waals surface area contributed by atoms with Gasteiger partial charge in [-0.25, -0.2) is 4.98 Å². The number of carbonyl (C=O) groups is 1. The third-order valence-corrected chi connectivity index (χ3v) is 5.95. The molecule has 0 radical (unpaired) electrons. The molecule has 0 spiro atoms. The van der Waals surface area contributed by atoms with Crippen molar-refractivity contribution >= 4 is 16.9 Å². The molecule has 0 saturated carbocycles. The molecule has 0 aliphatic rings. The molecule has 1 amide bonds. The first-order valence-corrected chi connectivity index (χ1v) is 11.9. The van der Waals surface area contributed by atoms with E-state index in [2.05, 4.69) is 65.1 Å². The Balaban J connectivity index is 1.30. The Morgan fingerprint density at radius 3 is 2.59 bits per heavy atom. The maximum atomic E-state index is 12.2. The summed E-state index contributed by atoms with van der Waals surface area (Å²) < 4.78 is 8.39. The zero-order valence-electron chi connectivity index (χ0n) is 20.0. The van der Waals surface area contributed by atoms with Gasteiger partial charge >= 0.3 is 0 Å². The van der Waals surface area contributed by atoms with Crippen molar-refractivity contribution < 1.29 is 9.53 Å². The Labute approximate surface area is 201 Å². The van der Waals surface area contributed by atoms with Crippen LogP contribution in [0.5, 0.6) is 5.75 Å². The Hall–Kier alpha value is -3.67. The summed E-state index contributed by atoms with van der Waals surface area (Å²) in [6, 6.07) is 18.0. The number of ether oxygens (including phenoxy) is 1. The van der Waals surface area contributed by atoms with Gasteiger partial charge in [0, 0.05) is 31.9 Å². The maximum Gasteiger partial charge on any atom is 0.252 e. The fraction of sp³-hybridized carbons (Fsp3) is 0.321. The summed E-state index contributed by atoms with van der Waals surface area (Å²) in [5.41, 5.74) is 5.12. The zero-order valence-corrected chi connectivity index (χ0v) is 20.0. The molecule has 0 aliphatic heterocycles. The summed E-state index contributed by atoms with van der Waals surface area (Å²) in [7, 11) is 0. The number of nitrogens with zero attached hydrogens (tertiary/aromatic N) is 3. The second-order valence-corrected chi connectivity index (χ2v) is 8.55. The van der Waals surface area contributed by atoms with E-state index < -0.39 is 0 Å². The van der Waals surface area contributed by atoms with Crippen LogP contribution < -0.4 is 10.1 Å². The molecule has 4 rings (SSSR count). The van der Waals surface area contributed by atoms with E-state index in [0.29, 0.717) is 18.7 Å². The van der Waals surface area contributed by atoms with Crippen LogP contribution in [0.2, 0.25) is 0 Å². The first kappa shape index (κ1) is 23.5. The molecule has 0 unspecified atom stereocenters. The van der Waals surface area contributed by atoms with Crippen LogP contribution in [0.25, 0.3) is 11.0 Å². The number of pyridine rings is 1. The van der Waals surface area contributed by atoms with Gasteiger partial charge in [0.25, 0.3) is 5.91 Å². The van der Waals surface area contributed by atoms with E-state index in [-0.39, 0.29) is 5.91 Å². The Morgan fingerprint density at radius 1 is 0.971 bits per heavy atom. The van der Waals surface area contributed by atoms with Crippen molar-refractivity contribution in [3.05, 3.63) is 89.5 Å². The van der Waals surface area contributed by atoms with E-state index >= 15 is 0 Å². The number of carbonyl (C=O) groups excluding carboxylic acids is 1. The van der Waals surface area contributed by atoms with Crippen LogP contribution in [0.3, 0.4) is 0 Å². The maximum absolute atomic E-state index is 12.2. The number of unbranched alkanes of at least 4 members (excludes halogenated alkanes) is 1. The molecule has 0 fully saturated rings. The van der Waals surface area contributed by atoms with Crippen LogP contribution in [0.1, 0.15) is 46.6 Å². The second-order valence-electron chi connectivity index (χ2n) is 8.55. The van der Waals surface area contributed by atoms with E-state index in [1.807, 2.05) is 6.07 Å². The largest absolute Gasteiger partial charge is 0.493 e. The smallest absolute Gasteiger partial charge is 0.252 e. The lowest BCUT2D eigenvalue weighted by Crippen LogP contribution is -2.25. The highest BCUT2D eigenvalue weighted by Crippen LogP contribution is 2.23. The third-order valence-electron chi connectivity index (χ3n) is 5.95. The number of hydrogen-bond donors (Lipinski definition) is 1. The van der Waals surface area contributed by atoms with Gasteiger partial charge in [0.2, 0.25) is 0 Å². The molecule has 2 heterocycles. The molecule has 2 aromatic heterocycles. The average Bonchev–Trinajstić information content (AvgIpc) is 3.21. The first-order valence-electron chi connectivity index (χ1n) is 11.9.